The average Bonchev–Trinajstić information content (AvgIpc) is 2.79. The molecule has 1 amide bonds. The third-order valence-electron chi connectivity index (χ3n) is 6.06. The highest BCUT2D eigenvalue weighted by Crippen LogP contribution is 2.23. The van der Waals surface area contributed by atoms with Gasteiger partial charge in [0, 0.05) is 43.1 Å². The summed E-state index contributed by atoms with van der Waals surface area (Å²) >= 11 is 6.00. The van der Waals surface area contributed by atoms with Crippen LogP contribution in [0.5, 0.6) is 0 Å². The van der Waals surface area contributed by atoms with E-state index >= 15 is 0 Å². The molecule has 1 aliphatic heterocycles. The first-order chi connectivity index (χ1) is 15.9. The maximum absolute atomic E-state index is 12.0. The van der Waals surface area contributed by atoms with Gasteiger partial charge in [0.2, 0.25) is 5.91 Å². The third-order valence-corrected chi connectivity index (χ3v) is 6.32. The monoisotopic (exact) mass is 466 g/mol. The van der Waals surface area contributed by atoms with Crippen molar-refractivity contribution >= 4 is 34.2 Å². The number of carbonyl (C=O) groups is 1. The Morgan fingerprint density at radius 1 is 1.00 bits per heavy atom. The molecule has 2 aromatic carbocycles. The first-order valence-electron chi connectivity index (χ1n) is 11.4. The molecule has 8 heteroatoms. The van der Waals surface area contributed by atoms with Crippen LogP contribution in [0.2, 0.25) is 5.02 Å². The number of piperazine rings is 1. The number of para-hydroxylation sites is 1. The van der Waals surface area contributed by atoms with Crippen molar-refractivity contribution < 1.29 is 4.79 Å². The topological polar surface area (TPSA) is 87.4 Å². The second kappa shape index (κ2) is 10.5. The van der Waals surface area contributed by atoms with Gasteiger partial charge in [0.1, 0.15) is 17.7 Å². The van der Waals surface area contributed by atoms with Crippen molar-refractivity contribution in [3.8, 4) is 0 Å². The lowest BCUT2D eigenvalue weighted by Gasteiger charge is -2.34. The first-order valence-corrected chi connectivity index (χ1v) is 11.8. The molecule has 0 aliphatic carbocycles. The summed E-state index contributed by atoms with van der Waals surface area (Å²) in [6.45, 7) is 9.39. The normalized spacial score (nSPS) is 16.2. The molecule has 33 heavy (non-hydrogen) atoms. The Labute approximate surface area is 199 Å². The molecule has 2 heterocycles. The van der Waals surface area contributed by atoms with Crippen LogP contribution in [-0.4, -0.2) is 57.9 Å². The van der Waals surface area contributed by atoms with E-state index in [1.807, 2.05) is 50.2 Å². The molecule has 1 aliphatic rings. The average molecular weight is 467 g/mol. The number of aromatic nitrogens is 2. The van der Waals surface area contributed by atoms with E-state index in [-0.39, 0.29) is 11.8 Å². The largest absolute Gasteiger partial charge is 0.368 e. The van der Waals surface area contributed by atoms with Crippen molar-refractivity contribution in [1.82, 2.24) is 19.8 Å². The molecule has 3 aromatic rings. The molecule has 1 atom stereocenters. The second-order valence-electron chi connectivity index (χ2n) is 8.95. The van der Waals surface area contributed by atoms with Crippen molar-refractivity contribution in [3.63, 3.8) is 0 Å². The van der Waals surface area contributed by atoms with Crippen molar-refractivity contribution in [2.24, 2.45) is 11.7 Å². The SMILES string of the molecule is CC(C)C(Nc1nc(CN2CCN(Cc3ccc(Cl)cc3)CC2)nc2ccccc12)C(N)=O. The van der Waals surface area contributed by atoms with Crippen LogP contribution in [-0.2, 0) is 17.9 Å². The Kier molecular flexibility index (Phi) is 7.42. The minimum absolute atomic E-state index is 0.0494. The summed E-state index contributed by atoms with van der Waals surface area (Å²) in [7, 11) is 0. The number of nitrogens with two attached hydrogens (primary N) is 1. The summed E-state index contributed by atoms with van der Waals surface area (Å²) in [6.07, 6.45) is 0. The van der Waals surface area contributed by atoms with Gasteiger partial charge in [0.05, 0.1) is 12.1 Å². The van der Waals surface area contributed by atoms with Crippen LogP contribution in [0, 0.1) is 5.92 Å². The molecular formula is C25H31ClN6O. The fourth-order valence-corrected chi connectivity index (χ4v) is 4.30. The molecule has 7 nitrogen and oxygen atoms in total. The van der Waals surface area contributed by atoms with E-state index in [1.54, 1.807) is 0 Å². The number of halogens is 1. The van der Waals surface area contributed by atoms with Crippen LogP contribution >= 0.6 is 11.6 Å². The summed E-state index contributed by atoms with van der Waals surface area (Å²) in [5.41, 5.74) is 7.76. The van der Waals surface area contributed by atoms with Crippen LogP contribution < -0.4 is 11.1 Å². The van der Waals surface area contributed by atoms with Crippen LogP contribution in [0.25, 0.3) is 10.9 Å². The lowest BCUT2D eigenvalue weighted by molar-refractivity contribution is -0.119. The molecule has 0 radical (unpaired) electrons. The Morgan fingerprint density at radius 3 is 2.27 bits per heavy atom. The molecule has 1 unspecified atom stereocenters. The van der Waals surface area contributed by atoms with Gasteiger partial charge in [-0.1, -0.05) is 49.7 Å². The predicted molar refractivity (Wildman–Crippen MR) is 133 cm³/mol. The Balaban J connectivity index is 1.44. The van der Waals surface area contributed by atoms with Gasteiger partial charge in [-0.3, -0.25) is 14.6 Å². The number of hydrogen-bond donors (Lipinski definition) is 2. The Morgan fingerprint density at radius 2 is 1.64 bits per heavy atom. The van der Waals surface area contributed by atoms with Gasteiger partial charge in [-0.05, 0) is 35.7 Å². The quantitative estimate of drug-likeness (QED) is 0.528. The molecule has 0 spiro atoms. The summed E-state index contributed by atoms with van der Waals surface area (Å²) in [5.74, 6) is 1.07. The van der Waals surface area contributed by atoms with E-state index in [1.165, 1.54) is 5.56 Å². The number of amides is 1. The first kappa shape index (κ1) is 23.4. The standard InChI is InChI=1S/C25H31ClN6O/c1-17(2)23(24(27)33)30-25-20-5-3-4-6-21(20)28-22(29-25)16-32-13-11-31(12-14-32)15-18-7-9-19(26)10-8-18/h3-10,17,23H,11-16H2,1-2H3,(H2,27,33)(H,28,29,30). The van der Waals surface area contributed by atoms with Gasteiger partial charge in [-0.25, -0.2) is 9.97 Å². The van der Waals surface area contributed by atoms with Gasteiger partial charge in [0.15, 0.2) is 0 Å². The van der Waals surface area contributed by atoms with Gasteiger partial charge in [-0.15, -0.1) is 0 Å². The van der Waals surface area contributed by atoms with Gasteiger partial charge >= 0.3 is 0 Å². The predicted octanol–water partition coefficient (Wildman–Crippen LogP) is 3.52. The van der Waals surface area contributed by atoms with Crippen LogP contribution in [0.1, 0.15) is 25.2 Å². The van der Waals surface area contributed by atoms with E-state index in [9.17, 15) is 4.79 Å². The van der Waals surface area contributed by atoms with Crippen molar-refractivity contribution in [2.75, 3.05) is 31.5 Å². The van der Waals surface area contributed by atoms with E-state index in [2.05, 4.69) is 27.2 Å². The van der Waals surface area contributed by atoms with E-state index < -0.39 is 6.04 Å². The van der Waals surface area contributed by atoms with E-state index in [0.717, 1.165) is 54.5 Å². The molecule has 1 fully saturated rings. The maximum atomic E-state index is 12.0. The Bertz CT molecular complexity index is 1100. The lowest BCUT2D eigenvalue weighted by atomic mass is 10.0. The van der Waals surface area contributed by atoms with Crippen LogP contribution in [0.3, 0.4) is 0 Å². The number of rotatable bonds is 8. The third kappa shape index (κ3) is 5.99. The molecule has 0 bridgehead atoms. The Hall–Kier alpha value is -2.74. The minimum Gasteiger partial charge on any atom is -0.368 e. The molecule has 3 N–H and O–H groups in total. The number of benzene rings is 2. The number of nitrogens with zero attached hydrogens (tertiary/aromatic N) is 4. The number of hydrogen-bond acceptors (Lipinski definition) is 6. The van der Waals surface area contributed by atoms with Crippen molar-refractivity contribution in [2.45, 2.75) is 33.0 Å². The number of carbonyl (C=O) groups excluding carboxylic acids is 1. The van der Waals surface area contributed by atoms with E-state index in [0.29, 0.717) is 12.4 Å². The number of fused-ring (bicyclic) bond motifs is 1. The van der Waals surface area contributed by atoms with Crippen molar-refractivity contribution in [3.05, 3.63) is 64.9 Å². The molecule has 174 valence electrons. The zero-order valence-electron chi connectivity index (χ0n) is 19.2. The van der Waals surface area contributed by atoms with Crippen LogP contribution in [0.15, 0.2) is 48.5 Å². The van der Waals surface area contributed by atoms with Crippen LogP contribution in [0.4, 0.5) is 5.82 Å². The fourth-order valence-electron chi connectivity index (χ4n) is 4.17. The van der Waals surface area contributed by atoms with Gasteiger partial charge in [-0.2, -0.15) is 0 Å². The van der Waals surface area contributed by atoms with E-state index in [4.69, 9.17) is 27.3 Å². The summed E-state index contributed by atoms with van der Waals surface area (Å²) in [5, 5.41) is 4.93. The minimum atomic E-state index is -0.493. The maximum Gasteiger partial charge on any atom is 0.240 e. The van der Waals surface area contributed by atoms with Gasteiger partial charge < -0.3 is 11.1 Å². The highest BCUT2D eigenvalue weighted by atomic mass is 35.5. The molecule has 1 saturated heterocycles. The molecule has 4 rings (SSSR count). The number of anilines is 1. The summed E-state index contributed by atoms with van der Waals surface area (Å²) in [6, 6.07) is 15.4. The highest BCUT2D eigenvalue weighted by molar-refractivity contribution is 6.30. The fraction of sp³-hybridized carbons (Fsp3) is 0.400. The number of nitrogens with one attached hydrogen (secondary N) is 1. The number of primary amides is 1. The highest BCUT2D eigenvalue weighted by Gasteiger charge is 2.22. The molecular weight excluding hydrogens is 436 g/mol. The molecule has 1 aromatic heterocycles. The smallest absolute Gasteiger partial charge is 0.240 e. The summed E-state index contributed by atoms with van der Waals surface area (Å²) < 4.78 is 0. The van der Waals surface area contributed by atoms with Gasteiger partial charge in [0.25, 0.3) is 0 Å². The zero-order valence-corrected chi connectivity index (χ0v) is 19.9. The molecule has 0 saturated carbocycles. The summed E-state index contributed by atoms with van der Waals surface area (Å²) in [4.78, 5) is 26.4. The van der Waals surface area contributed by atoms with Crippen molar-refractivity contribution in [1.29, 1.82) is 0 Å². The second-order valence-corrected chi connectivity index (χ2v) is 9.39. The zero-order chi connectivity index (χ0) is 23.4. The lowest BCUT2D eigenvalue weighted by Crippen LogP contribution is -2.45.